The van der Waals surface area contributed by atoms with Crippen LogP contribution in [0.1, 0.15) is 62.7 Å². The Balaban J connectivity index is 1.84. The summed E-state index contributed by atoms with van der Waals surface area (Å²) in [4.78, 5) is 13.8. The lowest BCUT2D eigenvalue weighted by Gasteiger charge is -2.31. The van der Waals surface area contributed by atoms with Crippen molar-refractivity contribution in [1.82, 2.24) is 0 Å². The van der Waals surface area contributed by atoms with Crippen LogP contribution in [0.15, 0.2) is 18.2 Å². The lowest BCUT2D eigenvalue weighted by Crippen LogP contribution is -2.34. The minimum Gasteiger partial charge on any atom is -0.388 e. The van der Waals surface area contributed by atoms with Crippen molar-refractivity contribution < 1.29 is 9.90 Å². The maximum atomic E-state index is 11.9. The quantitative estimate of drug-likeness (QED) is 0.922. The van der Waals surface area contributed by atoms with Crippen molar-refractivity contribution in [3.05, 3.63) is 29.3 Å². The number of benzene rings is 1. The molecule has 1 N–H and O–H groups in total. The number of rotatable bonds is 3. The third-order valence-corrected chi connectivity index (χ3v) is 5.06. The van der Waals surface area contributed by atoms with Crippen LogP contribution >= 0.6 is 0 Å². The van der Waals surface area contributed by atoms with E-state index >= 15 is 0 Å². The average Bonchev–Trinajstić information content (AvgIpc) is 2.54. The molecule has 114 valence electrons. The molecule has 3 nitrogen and oxygen atoms in total. The predicted octanol–water partition coefficient (Wildman–Crippen LogP) is 3.60. The van der Waals surface area contributed by atoms with E-state index in [1.54, 1.807) is 0 Å². The number of aliphatic hydroxyl groups is 1. The predicted molar refractivity (Wildman–Crippen MR) is 84.3 cm³/mol. The molecule has 1 aliphatic heterocycles. The summed E-state index contributed by atoms with van der Waals surface area (Å²) < 4.78 is 0. The van der Waals surface area contributed by atoms with Gasteiger partial charge in [0.2, 0.25) is 5.91 Å². The van der Waals surface area contributed by atoms with Crippen LogP contribution in [0.25, 0.3) is 0 Å². The molecular formula is C18H25NO2. The summed E-state index contributed by atoms with van der Waals surface area (Å²) in [7, 11) is 0. The molecular weight excluding hydrogens is 262 g/mol. The van der Waals surface area contributed by atoms with Crippen molar-refractivity contribution in [3.63, 3.8) is 0 Å². The maximum Gasteiger partial charge on any atom is 0.227 e. The number of nitrogens with zero attached hydrogens (tertiary/aromatic N) is 1. The lowest BCUT2D eigenvalue weighted by atomic mass is 9.82. The normalized spacial score (nSPS) is 21.2. The number of anilines is 1. The summed E-state index contributed by atoms with van der Waals surface area (Å²) >= 11 is 0. The molecule has 1 saturated carbocycles. The fourth-order valence-corrected chi connectivity index (χ4v) is 3.83. The van der Waals surface area contributed by atoms with Gasteiger partial charge in [-0.1, -0.05) is 31.4 Å². The van der Waals surface area contributed by atoms with Crippen LogP contribution in [-0.4, -0.2) is 17.6 Å². The van der Waals surface area contributed by atoms with Gasteiger partial charge in [0, 0.05) is 18.7 Å². The summed E-state index contributed by atoms with van der Waals surface area (Å²) in [6.45, 7) is 2.73. The number of fused-ring (bicyclic) bond motifs is 1. The Hall–Kier alpha value is -1.35. The number of carbonyl (C=O) groups excluding carboxylic acids is 1. The Morgan fingerprint density at radius 2 is 2.00 bits per heavy atom. The van der Waals surface area contributed by atoms with E-state index in [2.05, 4.69) is 6.07 Å². The minimum absolute atomic E-state index is 0.213. The first-order valence-corrected chi connectivity index (χ1v) is 8.32. The van der Waals surface area contributed by atoms with Gasteiger partial charge in [-0.15, -0.1) is 0 Å². The number of aryl methyl sites for hydroxylation is 1. The first-order valence-electron chi connectivity index (χ1n) is 8.32. The molecule has 1 atom stereocenters. The standard InChI is InChI=1S/C18H25NO2/c1-2-19-16-10-8-15(12-14(16)9-11-17(19)20)18(21)13-6-4-3-5-7-13/h8,10,12-13,18,21H,2-7,9,11H2,1H3. The third kappa shape index (κ3) is 2.84. The first kappa shape index (κ1) is 14.6. The summed E-state index contributed by atoms with van der Waals surface area (Å²) in [5, 5.41) is 10.6. The Morgan fingerprint density at radius 1 is 1.24 bits per heavy atom. The number of hydrogen-bond acceptors (Lipinski definition) is 2. The highest BCUT2D eigenvalue weighted by molar-refractivity contribution is 5.96. The van der Waals surface area contributed by atoms with Gasteiger partial charge in [0.05, 0.1) is 6.10 Å². The van der Waals surface area contributed by atoms with Crippen molar-refractivity contribution in [2.75, 3.05) is 11.4 Å². The average molecular weight is 287 g/mol. The zero-order chi connectivity index (χ0) is 14.8. The van der Waals surface area contributed by atoms with E-state index in [4.69, 9.17) is 0 Å². The SMILES string of the molecule is CCN1C(=O)CCc2cc(C(O)C3CCCCC3)ccc21. The Morgan fingerprint density at radius 3 is 2.71 bits per heavy atom. The van der Waals surface area contributed by atoms with Crippen LogP contribution in [0.4, 0.5) is 5.69 Å². The van der Waals surface area contributed by atoms with E-state index in [-0.39, 0.29) is 12.0 Å². The molecule has 1 unspecified atom stereocenters. The monoisotopic (exact) mass is 287 g/mol. The van der Waals surface area contributed by atoms with Crippen LogP contribution in [0, 0.1) is 5.92 Å². The van der Waals surface area contributed by atoms with Gasteiger partial charge < -0.3 is 10.0 Å². The van der Waals surface area contributed by atoms with Gasteiger partial charge in [-0.05, 0) is 49.3 Å². The fourth-order valence-electron chi connectivity index (χ4n) is 3.83. The Labute approximate surface area is 127 Å². The van der Waals surface area contributed by atoms with E-state index in [1.165, 1.54) is 24.8 Å². The maximum absolute atomic E-state index is 11.9. The number of hydrogen-bond donors (Lipinski definition) is 1. The number of aliphatic hydroxyl groups excluding tert-OH is 1. The van der Waals surface area contributed by atoms with Gasteiger partial charge in [0.25, 0.3) is 0 Å². The van der Waals surface area contributed by atoms with Gasteiger partial charge in [-0.3, -0.25) is 4.79 Å². The molecule has 1 fully saturated rings. The van der Waals surface area contributed by atoms with E-state index < -0.39 is 0 Å². The van der Waals surface area contributed by atoms with Gasteiger partial charge in [-0.25, -0.2) is 0 Å². The third-order valence-electron chi connectivity index (χ3n) is 5.06. The van der Waals surface area contributed by atoms with Gasteiger partial charge in [0.15, 0.2) is 0 Å². The largest absolute Gasteiger partial charge is 0.388 e. The highest BCUT2D eigenvalue weighted by Crippen LogP contribution is 2.37. The zero-order valence-electron chi connectivity index (χ0n) is 12.8. The van der Waals surface area contributed by atoms with Gasteiger partial charge in [-0.2, -0.15) is 0 Å². The molecule has 3 rings (SSSR count). The molecule has 1 aliphatic carbocycles. The molecule has 1 amide bonds. The van der Waals surface area contributed by atoms with E-state index in [1.807, 2.05) is 24.0 Å². The van der Waals surface area contributed by atoms with Crippen molar-refractivity contribution in [1.29, 1.82) is 0 Å². The van der Waals surface area contributed by atoms with Crippen LogP contribution in [0.3, 0.4) is 0 Å². The topological polar surface area (TPSA) is 40.5 Å². The second kappa shape index (κ2) is 6.18. The molecule has 0 radical (unpaired) electrons. The number of amides is 1. The molecule has 1 aromatic rings. The Kier molecular flexibility index (Phi) is 4.29. The Bertz CT molecular complexity index is 520. The van der Waals surface area contributed by atoms with E-state index in [0.717, 1.165) is 37.1 Å². The molecule has 0 bridgehead atoms. The van der Waals surface area contributed by atoms with Crippen LogP contribution < -0.4 is 4.90 Å². The second-order valence-corrected chi connectivity index (χ2v) is 6.37. The number of carbonyl (C=O) groups is 1. The van der Waals surface area contributed by atoms with Crippen LogP contribution in [-0.2, 0) is 11.2 Å². The molecule has 0 spiro atoms. The van der Waals surface area contributed by atoms with Crippen LogP contribution in [0.5, 0.6) is 0 Å². The van der Waals surface area contributed by atoms with Crippen molar-refractivity contribution in [2.24, 2.45) is 5.92 Å². The molecule has 2 aliphatic rings. The molecule has 0 saturated heterocycles. The van der Waals surface area contributed by atoms with E-state index in [9.17, 15) is 9.90 Å². The molecule has 1 aromatic carbocycles. The lowest BCUT2D eigenvalue weighted by molar-refractivity contribution is -0.118. The summed E-state index contributed by atoms with van der Waals surface area (Å²) in [5.74, 6) is 0.620. The zero-order valence-corrected chi connectivity index (χ0v) is 12.8. The van der Waals surface area contributed by atoms with Crippen molar-refractivity contribution >= 4 is 11.6 Å². The minimum atomic E-state index is -0.344. The van der Waals surface area contributed by atoms with E-state index in [0.29, 0.717) is 12.3 Å². The first-order chi connectivity index (χ1) is 10.2. The summed E-state index contributed by atoms with van der Waals surface area (Å²) in [5.41, 5.74) is 3.28. The van der Waals surface area contributed by atoms with Gasteiger partial charge in [0.1, 0.15) is 0 Å². The summed E-state index contributed by atoms with van der Waals surface area (Å²) in [6.07, 6.45) is 7.11. The summed E-state index contributed by atoms with van der Waals surface area (Å²) in [6, 6.07) is 6.17. The highest BCUT2D eigenvalue weighted by Gasteiger charge is 2.26. The molecule has 21 heavy (non-hydrogen) atoms. The molecule has 3 heteroatoms. The van der Waals surface area contributed by atoms with Crippen molar-refractivity contribution in [2.45, 2.75) is 58.0 Å². The fraction of sp³-hybridized carbons (Fsp3) is 0.611. The van der Waals surface area contributed by atoms with Gasteiger partial charge >= 0.3 is 0 Å². The molecule has 0 aromatic heterocycles. The molecule has 1 heterocycles. The van der Waals surface area contributed by atoms with Crippen molar-refractivity contribution in [3.8, 4) is 0 Å². The highest BCUT2D eigenvalue weighted by atomic mass is 16.3. The smallest absolute Gasteiger partial charge is 0.227 e. The second-order valence-electron chi connectivity index (χ2n) is 6.37. The van der Waals surface area contributed by atoms with Crippen LogP contribution in [0.2, 0.25) is 0 Å².